The third kappa shape index (κ3) is 3.04. The summed E-state index contributed by atoms with van der Waals surface area (Å²) >= 11 is 0. The average Bonchev–Trinajstić information content (AvgIpc) is 2.62. The molecule has 0 aliphatic carbocycles. The van der Waals surface area contributed by atoms with Crippen LogP contribution in [-0.2, 0) is 9.53 Å². The van der Waals surface area contributed by atoms with Gasteiger partial charge in [-0.15, -0.1) is 0 Å². The zero-order chi connectivity index (χ0) is 14.0. The molecule has 1 N–H and O–H groups in total. The van der Waals surface area contributed by atoms with Crippen molar-refractivity contribution in [3.05, 3.63) is 23.8 Å². The molecule has 0 spiro atoms. The molecule has 3 atom stereocenters. The van der Waals surface area contributed by atoms with E-state index < -0.39 is 12.2 Å². The van der Waals surface area contributed by atoms with Crippen molar-refractivity contribution in [1.29, 1.82) is 0 Å². The molecule has 0 radical (unpaired) electrons. The van der Waals surface area contributed by atoms with Crippen LogP contribution in [0.5, 0.6) is 0 Å². The summed E-state index contributed by atoms with van der Waals surface area (Å²) in [6.45, 7) is 3.72. The van der Waals surface area contributed by atoms with E-state index in [9.17, 15) is 14.7 Å². The summed E-state index contributed by atoms with van der Waals surface area (Å²) in [5.74, 6) is 0.145. The number of allylic oxidation sites excluding steroid dienone is 1. The van der Waals surface area contributed by atoms with Gasteiger partial charge in [0.2, 0.25) is 0 Å². The van der Waals surface area contributed by atoms with E-state index >= 15 is 0 Å². The van der Waals surface area contributed by atoms with Gasteiger partial charge < -0.3 is 14.6 Å². The first kappa shape index (κ1) is 13.8. The SMILES string of the molecule is CC(=O)CC/C=C/[C@@H]1OC(=O)N2C[C@H](O)C=C(C)[C@@H]12. The number of carbonyl (C=O) groups excluding carboxylic acids is 2. The topological polar surface area (TPSA) is 66.8 Å². The summed E-state index contributed by atoms with van der Waals surface area (Å²) in [6.07, 6.45) is 5.28. The lowest BCUT2D eigenvalue weighted by molar-refractivity contribution is -0.116. The smallest absolute Gasteiger partial charge is 0.411 e. The molecule has 1 fully saturated rings. The number of carbonyl (C=O) groups is 2. The van der Waals surface area contributed by atoms with E-state index in [4.69, 9.17) is 4.74 Å². The number of fused-ring (bicyclic) bond motifs is 1. The Morgan fingerprint density at radius 2 is 2.37 bits per heavy atom. The van der Waals surface area contributed by atoms with Gasteiger partial charge >= 0.3 is 6.09 Å². The van der Waals surface area contributed by atoms with Gasteiger partial charge in [-0.05, 0) is 31.9 Å². The second-order valence-corrected chi connectivity index (χ2v) is 5.09. The number of amides is 1. The molecule has 2 aliphatic rings. The van der Waals surface area contributed by atoms with Crippen molar-refractivity contribution in [3.8, 4) is 0 Å². The fraction of sp³-hybridized carbons (Fsp3) is 0.571. The van der Waals surface area contributed by atoms with Gasteiger partial charge in [-0.3, -0.25) is 4.90 Å². The second-order valence-electron chi connectivity index (χ2n) is 5.09. The van der Waals surface area contributed by atoms with Gasteiger partial charge in [0.05, 0.1) is 18.7 Å². The molecule has 0 saturated carbocycles. The fourth-order valence-electron chi connectivity index (χ4n) is 2.55. The number of hydrogen-bond donors (Lipinski definition) is 1. The highest BCUT2D eigenvalue weighted by atomic mass is 16.6. The lowest BCUT2D eigenvalue weighted by atomic mass is 9.96. The molecule has 5 nitrogen and oxygen atoms in total. The Labute approximate surface area is 112 Å². The van der Waals surface area contributed by atoms with Gasteiger partial charge in [-0.2, -0.15) is 0 Å². The van der Waals surface area contributed by atoms with Crippen molar-refractivity contribution in [3.63, 3.8) is 0 Å². The number of aliphatic hydroxyl groups excluding tert-OH is 1. The largest absolute Gasteiger partial charge is 0.439 e. The number of aliphatic hydroxyl groups is 1. The minimum atomic E-state index is -0.621. The second kappa shape index (κ2) is 5.57. The molecular weight excluding hydrogens is 246 g/mol. The molecule has 0 unspecified atom stereocenters. The summed E-state index contributed by atoms with van der Waals surface area (Å²) < 4.78 is 5.30. The zero-order valence-corrected chi connectivity index (χ0v) is 11.2. The van der Waals surface area contributed by atoms with Crippen molar-refractivity contribution in [2.75, 3.05) is 6.54 Å². The number of ketones is 1. The molecule has 2 heterocycles. The highest BCUT2D eigenvalue weighted by Gasteiger charge is 2.43. The molecule has 0 bridgehead atoms. The minimum absolute atomic E-state index is 0.135. The van der Waals surface area contributed by atoms with E-state index in [-0.39, 0.29) is 24.5 Å². The van der Waals surface area contributed by atoms with Gasteiger partial charge in [-0.25, -0.2) is 4.79 Å². The van der Waals surface area contributed by atoms with E-state index in [1.165, 1.54) is 0 Å². The number of Topliss-reactive ketones (excluding diaryl/α,β-unsaturated/α-hetero) is 1. The Morgan fingerprint density at radius 1 is 1.63 bits per heavy atom. The Balaban J connectivity index is 2.04. The van der Waals surface area contributed by atoms with Crippen LogP contribution in [0.3, 0.4) is 0 Å². The number of ether oxygens (including phenoxy) is 1. The summed E-state index contributed by atoms with van der Waals surface area (Å²) in [4.78, 5) is 24.1. The lowest BCUT2D eigenvalue weighted by Gasteiger charge is -2.30. The van der Waals surface area contributed by atoms with Gasteiger partial charge in [0.25, 0.3) is 0 Å². The molecule has 19 heavy (non-hydrogen) atoms. The minimum Gasteiger partial charge on any atom is -0.439 e. The van der Waals surface area contributed by atoms with Crippen molar-refractivity contribution in [1.82, 2.24) is 4.90 Å². The third-order valence-electron chi connectivity index (χ3n) is 3.41. The standard InChI is InChI=1S/C14H19NO4/c1-9-7-11(17)8-15-13(9)12(19-14(15)18)6-4-3-5-10(2)16/h4,6-7,11-13,17H,3,5,8H2,1-2H3/b6-4+/t11-,12+,13+/m1/s1. The van der Waals surface area contributed by atoms with Crippen LogP contribution >= 0.6 is 0 Å². The van der Waals surface area contributed by atoms with Crippen LogP contribution in [0.4, 0.5) is 4.79 Å². The van der Waals surface area contributed by atoms with E-state index in [0.717, 1.165) is 5.57 Å². The van der Waals surface area contributed by atoms with Gasteiger partial charge in [0.15, 0.2) is 0 Å². The van der Waals surface area contributed by atoms with E-state index in [0.29, 0.717) is 12.8 Å². The van der Waals surface area contributed by atoms with Gasteiger partial charge in [-0.1, -0.05) is 12.2 Å². The Hall–Kier alpha value is -1.62. The van der Waals surface area contributed by atoms with Crippen LogP contribution in [-0.4, -0.2) is 46.7 Å². The molecule has 1 saturated heterocycles. The number of cyclic esters (lactones) is 1. The van der Waals surface area contributed by atoms with E-state index in [1.54, 1.807) is 17.9 Å². The average molecular weight is 265 g/mol. The highest BCUT2D eigenvalue weighted by Crippen LogP contribution is 2.30. The van der Waals surface area contributed by atoms with Crippen molar-refractivity contribution < 1.29 is 19.4 Å². The van der Waals surface area contributed by atoms with Gasteiger partial charge in [0.1, 0.15) is 11.9 Å². The van der Waals surface area contributed by atoms with Crippen LogP contribution in [0.2, 0.25) is 0 Å². The number of hydrogen-bond acceptors (Lipinski definition) is 4. The maximum absolute atomic E-state index is 11.7. The van der Waals surface area contributed by atoms with Crippen LogP contribution < -0.4 is 0 Å². The van der Waals surface area contributed by atoms with Crippen LogP contribution in [0.25, 0.3) is 0 Å². The van der Waals surface area contributed by atoms with E-state index in [2.05, 4.69) is 0 Å². The first-order valence-corrected chi connectivity index (χ1v) is 6.49. The molecule has 0 aromatic rings. The van der Waals surface area contributed by atoms with Crippen LogP contribution in [0.15, 0.2) is 23.8 Å². The molecule has 1 amide bonds. The normalized spacial score (nSPS) is 30.3. The highest BCUT2D eigenvalue weighted by molar-refractivity contribution is 5.75. The number of nitrogens with zero attached hydrogens (tertiary/aromatic N) is 1. The maximum atomic E-state index is 11.7. The van der Waals surface area contributed by atoms with Crippen LogP contribution in [0.1, 0.15) is 26.7 Å². The van der Waals surface area contributed by atoms with Crippen molar-refractivity contribution >= 4 is 11.9 Å². The van der Waals surface area contributed by atoms with Gasteiger partial charge in [0, 0.05) is 6.42 Å². The first-order valence-electron chi connectivity index (χ1n) is 6.49. The van der Waals surface area contributed by atoms with Crippen molar-refractivity contribution in [2.45, 2.75) is 44.9 Å². The predicted molar refractivity (Wildman–Crippen MR) is 69.6 cm³/mol. The molecule has 0 aromatic heterocycles. The van der Waals surface area contributed by atoms with Crippen molar-refractivity contribution in [2.24, 2.45) is 0 Å². The summed E-state index contributed by atoms with van der Waals surface area (Å²) in [5, 5.41) is 9.62. The van der Waals surface area contributed by atoms with E-state index in [1.807, 2.05) is 19.1 Å². The summed E-state index contributed by atoms with van der Waals surface area (Å²) in [7, 11) is 0. The molecule has 2 rings (SSSR count). The summed E-state index contributed by atoms with van der Waals surface area (Å²) in [5.41, 5.74) is 0.936. The molecule has 104 valence electrons. The number of rotatable bonds is 4. The lowest BCUT2D eigenvalue weighted by Crippen LogP contribution is -2.45. The Morgan fingerprint density at radius 3 is 3.05 bits per heavy atom. The molecule has 0 aromatic carbocycles. The summed E-state index contributed by atoms with van der Waals surface area (Å²) in [6, 6.07) is -0.135. The maximum Gasteiger partial charge on any atom is 0.411 e. The third-order valence-corrected chi connectivity index (χ3v) is 3.41. The Bertz CT molecular complexity index is 441. The fourth-order valence-corrected chi connectivity index (χ4v) is 2.55. The first-order chi connectivity index (χ1) is 8.99. The zero-order valence-electron chi connectivity index (χ0n) is 11.2. The molecule has 5 heteroatoms. The predicted octanol–water partition coefficient (Wildman–Crippen LogP) is 1.42. The Kier molecular flexibility index (Phi) is 4.04. The monoisotopic (exact) mass is 265 g/mol. The van der Waals surface area contributed by atoms with Crippen LogP contribution in [0, 0.1) is 0 Å². The molecular formula is C14H19NO4. The molecule has 2 aliphatic heterocycles. The quantitative estimate of drug-likeness (QED) is 0.781.